The van der Waals surface area contributed by atoms with Crippen molar-refractivity contribution in [3.63, 3.8) is 0 Å². The molecule has 0 saturated heterocycles. The number of fused-ring (bicyclic) bond motifs is 1. The van der Waals surface area contributed by atoms with Crippen LogP contribution >= 0.6 is 0 Å². The van der Waals surface area contributed by atoms with E-state index in [1.165, 1.54) is 23.9 Å². The highest BCUT2D eigenvalue weighted by Crippen LogP contribution is 2.20. The van der Waals surface area contributed by atoms with E-state index in [-0.39, 0.29) is 24.1 Å². The van der Waals surface area contributed by atoms with Crippen LogP contribution in [0.3, 0.4) is 0 Å². The second kappa shape index (κ2) is 6.95. The number of rotatable bonds is 5. The van der Waals surface area contributed by atoms with Gasteiger partial charge in [-0.15, -0.1) is 0 Å². The van der Waals surface area contributed by atoms with Crippen LogP contribution in [-0.4, -0.2) is 39.0 Å². The van der Waals surface area contributed by atoms with Crippen molar-refractivity contribution in [2.75, 3.05) is 7.05 Å². The molecule has 0 atom stereocenters. The summed E-state index contributed by atoms with van der Waals surface area (Å²) in [5.74, 6) is -0.793. The van der Waals surface area contributed by atoms with Gasteiger partial charge in [-0.05, 0) is 30.5 Å². The fourth-order valence-corrected chi connectivity index (χ4v) is 3.28. The number of carbonyl (C=O) groups is 2. The Morgan fingerprint density at radius 1 is 1.25 bits per heavy atom. The van der Waals surface area contributed by atoms with Gasteiger partial charge < -0.3 is 19.8 Å². The number of para-hydroxylation sites is 1. The van der Waals surface area contributed by atoms with Gasteiger partial charge in [0.2, 0.25) is 0 Å². The molecule has 1 aliphatic rings. The van der Waals surface area contributed by atoms with Crippen LogP contribution in [0, 0.1) is 0 Å². The zero-order valence-corrected chi connectivity index (χ0v) is 15.7. The van der Waals surface area contributed by atoms with Crippen molar-refractivity contribution in [3.8, 4) is 0 Å². The summed E-state index contributed by atoms with van der Waals surface area (Å²) in [6, 6.07) is 7.22. The van der Waals surface area contributed by atoms with Crippen molar-refractivity contribution in [2.45, 2.75) is 25.4 Å². The molecule has 2 heterocycles. The molecule has 2 N–H and O–H groups in total. The summed E-state index contributed by atoms with van der Waals surface area (Å²) in [4.78, 5) is 42.0. The molecule has 1 fully saturated rings. The fraction of sp³-hybridized carbons (Fsp3) is 0.300. The monoisotopic (exact) mass is 379 g/mol. The predicted molar refractivity (Wildman–Crippen MR) is 104 cm³/mol. The normalized spacial score (nSPS) is 13.5. The van der Waals surface area contributed by atoms with Gasteiger partial charge in [0.15, 0.2) is 0 Å². The van der Waals surface area contributed by atoms with Crippen molar-refractivity contribution >= 4 is 22.8 Å². The highest BCUT2D eigenvalue weighted by Gasteiger charge is 2.25. The van der Waals surface area contributed by atoms with Gasteiger partial charge in [-0.1, -0.05) is 12.1 Å². The summed E-state index contributed by atoms with van der Waals surface area (Å²) in [6.45, 7) is 0.226. The number of nitrogens with zero attached hydrogens (tertiary/aromatic N) is 3. The zero-order chi connectivity index (χ0) is 19.8. The van der Waals surface area contributed by atoms with Gasteiger partial charge in [0.05, 0.1) is 29.5 Å². The van der Waals surface area contributed by atoms with Crippen LogP contribution in [0.5, 0.6) is 0 Å². The number of nitrogens with one attached hydrogen (secondary N) is 2. The van der Waals surface area contributed by atoms with E-state index in [0.29, 0.717) is 5.56 Å². The Morgan fingerprint density at radius 2 is 2.04 bits per heavy atom. The predicted octanol–water partition coefficient (Wildman–Crippen LogP) is 1.04. The van der Waals surface area contributed by atoms with E-state index in [1.807, 2.05) is 29.8 Å². The van der Waals surface area contributed by atoms with E-state index in [4.69, 9.17) is 0 Å². The molecule has 0 aliphatic heterocycles. The Bertz CT molecular complexity index is 1140. The minimum atomic E-state index is -0.515. The van der Waals surface area contributed by atoms with E-state index >= 15 is 0 Å². The number of carbonyl (C=O) groups excluding carboxylic acids is 2. The van der Waals surface area contributed by atoms with Gasteiger partial charge in [0, 0.05) is 26.3 Å². The minimum Gasteiger partial charge on any atom is -0.355 e. The molecule has 1 saturated carbocycles. The number of amides is 2. The molecule has 2 aromatic heterocycles. The van der Waals surface area contributed by atoms with Crippen LogP contribution in [0.15, 0.2) is 41.6 Å². The number of aromatic nitrogens is 3. The van der Waals surface area contributed by atoms with Crippen LogP contribution in [-0.2, 0) is 13.6 Å². The highest BCUT2D eigenvalue weighted by atomic mass is 16.2. The largest absolute Gasteiger partial charge is 0.355 e. The lowest BCUT2D eigenvalue weighted by Gasteiger charge is -2.13. The number of benzene rings is 1. The lowest BCUT2D eigenvalue weighted by Crippen LogP contribution is -2.34. The second-order valence-electron chi connectivity index (χ2n) is 7.04. The zero-order valence-electron chi connectivity index (χ0n) is 15.7. The van der Waals surface area contributed by atoms with Crippen LogP contribution < -0.4 is 16.2 Å². The van der Waals surface area contributed by atoms with Crippen LogP contribution in [0.25, 0.3) is 11.0 Å². The number of hydrogen-bond acceptors (Lipinski definition) is 4. The maximum Gasteiger partial charge on any atom is 0.263 e. The number of aryl methyl sites for hydroxylation is 1. The molecule has 0 spiro atoms. The van der Waals surface area contributed by atoms with Gasteiger partial charge in [-0.25, -0.2) is 4.98 Å². The molecule has 28 heavy (non-hydrogen) atoms. The van der Waals surface area contributed by atoms with Crippen molar-refractivity contribution in [1.29, 1.82) is 0 Å². The van der Waals surface area contributed by atoms with Gasteiger partial charge >= 0.3 is 0 Å². The Balaban J connectivity index is 1.80. The fourth-order valence-electron chi connectivity index (χ4n) is 3.28. The van der Waals surface area contributed by atoms with Crippen LogP contribution in [0.2, 0.25) is 0 Å². The molecule has 2 amide bonds. The van der Waals surface area contributed by atoms with Crippen molar-refractivity contribution in [1.82, 2.24) is 24.8 Å². The third-order valence-corrected chi connectivity index (χ3v) is 4.89. The Morgan fingerprint density at radius 3 is 2.75 bits per heavy atom. The summed E-state index contributed by atoms with van der Waals surface area (Å²) >= 11 is 0. The molecular formula is C20H21N5O3. The number of pyridine rings is 1. The molecule has 0 radical (unpaired) electrons. The first-order chi connectivity index (χ1) is 13.5. The third-order valence-electron chi connectivity index (χ3n) is 4.89. The lowest BCUT2D eigenvalue weighted by atomic mass is 10.1. The van der Waals surface area contributed by atoms with E-state index in [0.717, 1.165) is 29.4 Å². The SMILES string of the molecule is CNC(=O)c1cc(C(=O)NC2CC2)cn(Cc2cccc3ncn(C)c23)c1=O. The number of hydrogen-bond donors (Lipinski definition) is 2. The van der Waals surface area contributed by atoms with E-state index in [9.17, 15) is 14.4 Å². The van der Waals surface area contributed by atoms with Crippen molar-refractivity contribution in [3.05, 3.63) is 63.8 Å². The molecule has 1 aromatic carbocycles. The molecule has 0 unspecified atom stereocenters. The first-order valence-corrected chi connectivity index (χ1v) is 9.14. The molecule has 8 heteroatoms. The first kappa shape index (κ1) is 18.0. The van der Waals surface area contributed by atoms with Crippen molar-refractivity contribution < 1.29 is 9.59 Å². The van der Waals surface area contributed by atoms with E-state index < -0.39 is 11.5 Å². The first-order valence-electron chi connectivity index (χ1n) is 9.14. The molecule has 1 aliphatic carbocycles. The van der Waals surface area contributed by atoms with Crippen LogP contribution in [0.1, 0.15) is 39.1 Å². The standard InChI is InChI=1S/C20H21N5O3/c1-21-19(27)15-8-13(18(26)23-14-6-7-14)10-25(20(15)28)9-12-4-3-5-16-17(12)24(2)11-22-16/h3-5,8,10-11,14H,6-7,9H2,1-2H3,(H,21,27)(H,23,26). The molecule has 3 aromatic rings. The maximum absolute atomic E-state index is 12.9. The average Bonchev–Trinajstić information content (AvgIpc) is 3.43. The van der Waals surface area contributed by atoms with E-state index in [2.05, 4.69) is 15.6 Å². The van der Waals surface area contributed by atoms with Gasteiger partial charge in [-0.3, -0.25) is 14.4 Å². The Labute approximate surface area is 161 Å². The highest BCUT2D eigenvalue weighted by molar-refractivity contribution is 5.99. The molecule has 8 nitrogen and oxygen atoms in total. The summed E-state index contributed by atoms with van der Waals surface area (Å²) < 4.78 is 3.30. The third kappa shape index (κ3) is 3.28. The van der Waals surface area contributed by atoms with Crippen LogP contribution in [0.4, 0.5) is 0 Å². The second-order valence-corrected chi connectivity index (χ2v) is 7.04. The van der Waals surface area contributed by atoms with Gasteiger partial charge in [0.25, 0.3) is 17.4 Å². The Hall–Kier alpha value is -3.42. The topological polar surface area (TPSA) is 98.0 Å². The number of imidazole rings is 1. The van der Waals surface area contributed by atoms with Gasteiger partial charge in [-0.2, -0.15) is 0 Å². The Kier molecular flexibility index (Phi) is 4.46. The minimum absolute atomic E-state index is 0.0527. The average molecular weight is 379 g/mol. The molecule has 144 valence electrons. The maximum atomic E-state index is 12.9. The summed E-state index contributed by atoms with van der Waals surface area (Å²) in [5, 5.41) is 5.37. The van der Waals surface area contributed by atoms with E-state index in [1.54, 1.807) is 6.33 Å². The molecule has 0 bridgehead atoms. The van der Waals surface area contributed by atoms with Crippen molar-refractivity contribution in [2.24, 2.45) is 7.05 Å². The summed E-state index contributed by atoms with van der Waals surface area (Å²) in [6.07, 6.45) is 5.14. The molecule has 4 rings (SSSR count). The lowest BCUT2D eigenvalue weighted by molar-refractivity contribution is 0.0950. The summed E-state index contributed by atoms with van der Waals surface area (Å²) in [5.41, 5.74) is 2.40. The van der Waals surface area contributed by atoms with Gasteiger partial charge in [0.1, 0.15) is 5.56 Å². The summed E-state index contributed by atoms with van der Waals surface area (Å²) in [7, 11) is 3.34. The molecular weight excluding hydrogens is 358 g/mol. The smallest absolute Gasteiger partial charge is 0.263 e. The quantitative estimate of drug-likeness (QED) is 0.692.